The monoisotopic (exact) mass is 358 g/mol. The number of primary amides is 1. The Balaban J connectivity index is 3.63. The molecule has 0 spiro atoms. The summed E-state index contributed by atoms with van der Waals surface area (Å²) in [6.45, 7) is 0. The minimum atomic E-state index is -1.17. The number of aliphatic carboxylic acids is 2. The number of carboxylic acids is 2. The molecule has 0 bridgehead atoms. The molecular weight excluding hydrogens is 328 g/mol. The molecule has 0 rings (SSSR count). The van der Waals surface area contributed by atoms with E-state index in [0.29, 0.717) is 6.42 Å². The Morgan fingerprint density at radius 1 is 0.760 bits per heavy atom. The Morgan fingerprint density at radius 3 is 1.68 bits per heavy atom. The van der Waals surface area contributed by atoms with Crippen LogP contribution < -0.4 is 11.1 Å². The number of hydrogen-bond acceptors (Lipinski definition) is 4. The van der Waals surface area contributed by atoms with Gasteiger partial charge in [-0.2, -0.15) is 0 Å². The van der Waals surface area contributed by atoms with Crippen molar-refractivity contribution in [2.24, 2.45) is 5.73 Å². The Hall–Kier alpha value is -2.12. The van der Waals surface area contributed by atoms with Crippen molar-refractivity contribution in [3.63, 3.8) is 0 Å². The summed E-state index contributed by atoms with van der Waals surface area (Å²) >= 11 is 0. The van der Waals surface area contributed by atoms with Crippen LogP contribution in [-0.2, 0) is 19.2 Å². The highest BCUT2D eigenvalue weighted by Crippen LogP contribution is 2.11. The normalized spacial score (nSPS) is 11.7. The van der Waals surface area contributed by atoms with Gasteiger partial charge in [-0.25, -0.2) is 4.79 Å². The van der Waals surface area contributed by atoms with E-state index in [0.717, 1.165) is 44.9 Å². The number of rotatable bonds is 16. The number of unbranched alkanes of at least 4 members (excludes halogenated alkanes) is 7. The lowest BCUT2D eigenvalue weighted by molar-refractivity contribution is -0.142. The van der Waals surface area contributed by atoms with Crippen LogP contribution in [0.25, 0.3) is 0 Å². The fourth-order valence-electron chi connectivity index (χ4n) is 2.43. The summed E-state index contributed by atoms with van der Waals surface area (Å²) in [5.74, 6) is -2.84. The second-order valence-corrected chi connectivity index (χ2v) is 6.19. The fraction of sp³-hybridized carbons (Fsp3) is 0.765. The SMILES string of the molecule is NC(=O)CC[C@H](NC(=O)CCCCCCCCCCC(=O)O)C(=O)O. The molecule has 0 aromatic carbocycles. The molecule has 8 nitrogen and oxygen atoms in total. The van der Waals surface area contributed by atoms with Gasteiger partial charge in [-0.05, 0) is 19.3 Å². The highest BCUT2D eigenvalue weighted by atomic mass is 16.4. The van der Waals surface area contributed by atoms with E-state index in [9.17, 15) is 19.2 Å². The number of amides is 2. The van der Waals surface area contributed by atoms with Gasteiger partial charge in [0.1, 0.15) is 6.04 Å². The first kappa shape index (κ1) is 22.9. The standard InChI is InChI=1S/C17H30N2O6/c18-14(20)12-11-13(17(24)25)19-15(21)9-7-5-3-1-2-4-6-8-10-16(22)23/h13H,1-12H2,(H2,18,20)(H,19,21)(H,22,23)(H,24,25)/t13-/m0/s1. The lowest BCUT2D eigenvalue weighted by atomic mass is 10.1. The maximum atomic E-state index is 11.7. The number of carbonyl (C=O) groups excluding carboxylic acids is 2. The Morgan fingerprint density at radius 2 is 1.24 bits per heavy atom. The summed E-state index contributed by atoms with van der Waals surface area (Å²) in [5.41, 5.74) is 4.98. The average Bonchev–Trinajstić information content (AvgIpc) is 2.52. The molecule has 0 aromatic rings. The Kier molecular flexibility index (Phi) is 13.0. The van der Waals surface area contributed by atoms with Gasteiger partial charge in [0.2, 0.25) is 11.8 Å². The third-order valence-electron chi connectivity index (χ3n) is 3.86. The van der Waals surface area contributed by atoms with E-state index in [4.69, 9.17) is 15.9 Å². The van der Waals surface area contributed by atoms with E-state index in [2.05, 4.69) is 5.32 Å². The van der Waals surface area contributed by atoms with Gasteiger partial charge in [-0.3, -0.25) is 14.4 Å². The molecule has 5 N–H and O–H groups in total. The number of nitrogens with one attached hydrogen (secondary N) is 1. The van der Waals surface area contributed by atoms with Gasteiger partial charge in [0.15, 0.2) is 0 Å². The topological polar surface area (TPSA) is 147 Å². The first-order chi connectivity index (χ1) is 11.8. The van der Waals surface area contributed by atoms with Crippen LogP contribution in [0.15, 0.2) is 0 Å². The number of hydrogen-bond donors (Lipinski definition) is 4. The van der Waals surface area contributed by atoms with Gasteiger partial charge in [-0.1, -0.05) is 38.5 Å². The van der Waals surface area contributed by atoms with E-state index in [1.165, 1.54) is 0 Å². The zero-order valence-electron chi connectivity index (χ0n) is 14.7. The van der Waals surface area contributed by atoms with Crippen LogP contribution >= 0.6 is 0 Å². The van der Waals surface area contributed by atoms with Gasteiger partial charge in [0, 0.05) is 19.3 Å². The van der Waals surface area contributed by atoms with Crippen LogP contribution in [0.2, 0.25) is 0 Å². The second kappa shape index (κ2) is 14.2. The minimum absolute atomic E-state index is 0.00170. The second-order valence-electron chi connectivity index (χ2n) is 6.19. The van der Waals surface area contributed by atoms with E-state index < -0.39 is 23.9 Å². The zero-order valence-corrected chi connectivity index (χ0v) is 14.7. The predicted octanol–water partition coefficient (Wildman–Crippen LogP) is 1.81. The van der Waals surface area contributed by atoms with Crippen LogP contribution in [0, 0.1) is 0 Å². The molecule has 0 saturated heterocycles. The van der Waals surface area contributed by atoms with Crippen LogP contribution in [0.1, 0.15) is 77.0 Å². The molecule has 0 aliphatic carbocycles. The van der Waals surface area contributed by atoms with E-state index in [1.807, 2.05) is 0 Å². The van der Waals surface area contributed by atoms with Crippen molar-refractivity contribution >= 4 is 23.8 Å². The number of nitrogens with two attached hydrogens (primary N) is 1. The number of carboxylic acid groups (broad SMARTS) is 2. The quantitative estimate of drug-likeness (QED) is 0.309. The maximum absolute atomic E-state index is 11.7. The molecule has 0 fully saturated rings. The molecule has 0 heterocycles. The molecule has 0 saturated carbocycles. The highest BCUT2D eigenvalue weighted by Gasteiger charge is 2.20. The van der Waals surface area contributed by atoms with Gasteiger partial charge >= 0.3 is 11.9 Å². The van der Waals surface area contributed by atoms with Gasteiger partial charge in [-0.15, -0.1) is 0 Å². The molecule has 25 heavy (non-hydrogen) atoms. The first-order valence-electron chi connectivity index (χ1n) is 8.85. The third-order valence-corrected chi connectivity index (χ3v) is 3.86. The Labute approximate surface area is 148 Å². The van der Waals surface area contributed by atoms with Crippen LogP contribution in [0.4, 0.5) is 0 Å². The highest BCUT2D eigenvalue weighted by molar-refractivity contribution is 5.84. The van der Waals surface area contributed by atoms with Crippen molar-refractivity contribution in [2.45, 2.75) is 83.1 Å². The van der Waals surface area contributed by atoms with Crippen LogP contribution in [-0.4, -0.2) is 40.0 Å². The summed E-state index contributed by atoms with van der Waals surface area (Å²) in [5, 5.41) is 19.9. The van der Waals surface area contributed by atoms with Crippen LogP contribution in [0.3, 0.4) is 0 Å². The van der Waals surface area contributed by atoms with Crippen molar-refractivity contribution in [2.75, 3.05) is 0 Å². The molecular formula is C17H30N2O6. The van der Waals surface area contributed by atoms with Crippen molar-refractivity contribution < 1.29 is 29.4 Å². The van der Waals surface area contributed by atoms with Gasteiger partial charge in [0.05, 0.1) is 0 Å². The summed E-state index contributed by atoms with van der Waals surface area (Å²) in [6.07, 6.45) is 7.75. The smallest absolute Gasteiger partial charge is 0.326 e. The minimum Gasteiger partial charge on any atom is -0.481 e. The third kappa shape index (κ3) is 15.2. The molecule has 0 unspecified atom stereocenters. The van der Waals surface area contributed by atoms with E-state index >= 15 is 0 Å². The lowest BCUT2D eigenvalue weighted by Gasteiger charge is -2.13. The molecule has 2 amide bonds. The lowest BCUT2D eigenvalue weighted by Crippen LogP contribution is -2.41. The number of carbonyl (C=O) groups is 4. The molecule has 0 aliphatic rings. The summed E-state index contributed by atoms with van der Waals surface area (Å²) < 4.78 is 0. The average molecular weight is 358 g/mol. The van der Waals surface area contributed by atoms with Gasteiger partial charge < -0.3 is 21.3 Å². The van der Waals surface area contributed by atoms with E-state index in [1.54, 1.807) is 0 Å². The predicted molar refractivity (Wildman–Crippen MR) is 91.8 cm³/mol. The molecule has 8 heteroatoms. The first-order valence-corrected chi connectivity index (χ1v) is 8.85. The van der Waals surface area contributed by atoms with Crippen molar-refractivity contribution in [3.05, 3.63) is 0 Å². The summed E-state index contributed by atoms with van der Waals surface area (Å²) in [4.78, 5) is 43.8. The maximum Gasteiger partial charge on any atom is 0.326 e. The summed E-state index contributed by atoms with van der Waals surface area (Å²) in [6, 6.07) is -1.08. The van der Waals surface area contributed by atoms with Crippen LogP contribution in [0.5, 0.6) is 0 Å². The zero-order chi connectivity index (χ0) is 19.1. The Bertz CT molecular complexity index is 439. The molecule has 0 aromatic heterocycles. The van der Waals surface area contributed by atoms with Gasteiger partial charge in [0.25, 0.3) is 0 Å². The largest absolute Gasteiger partial charge is 0.481 e. The molecule has 0 radical (unpaired) electrons. The van der Waals surface area contributed by atoms with E-state index in [-0.39, 0.29) is 31.6 Å². The molecule has 144 valence electrons. The molecule has 1 atom stereocenters. The van der Waals surface area contributed by atoms with Crippen molar-refractivity contribution in [3.8, 4) is 0 Å². The molecule has 0 aliphatic heterocycles. The summed E-state index contributed by atoms with van der Waals surface area (Å²) in [7, 11) is 0. The van der Waals surface area contributed by atoms with Crippen molar-refractivity contribution in [1.82, 2.24) is 5.32 Å². The fourth-order valence-corrected chi connectivity index (χ4v) is 2.43. The van der Waals surface area contributed by atoms with Crippen molar-refractivity contribution in [1.29, 1.82) is 0 Å².